The molecule has 3 aliphatic heterocycles. The molecule has 8 nitrogen and oxygen atoms in total. The highest BCUT2D eigenvalue weighted by Gasteiger charge is 2.56. The quantitative estimate of drug-likeness (QED) is 0.299. The highest BCUT2D eigenvalue weighted by atomic mass is 79.9. The Morgan fingerprint density at radius 2 is 1.82 bits per heavy atom. The Bertz CT molecular complexity index is 588. The third-order valence-corrected chi connectivity index (χ3v) is 9.00. The van der Waals surface area contributed by atoms with Gasteiger partial charge in [0.2, 0.25) is 0 Å². The van der Waals surface area contributed by atoms with Crippen molar-refractivity contribution in [2.75, 3.05) is 13.2 Å². The first-order chi connectivity index (χ1) is 13.5. The fourth-order valence-electron chi connectivity index (χ4n) is 6.29. The van der Waals surface area contributed by atoms with Crippen LogP contribution in [0.15, 0.2) is 0 Å². The lowest BCUT2D eigenvalue weighted by molar-refractivity contribution is -0.142. The van der Waals surface area contributed by atoms with Crippen LogP contribution in [0.1, 0.15) is 32.1 Å². The lowest BCUT2D eigenvalue weighted by atomic mass is 9.61. The van der Waals surface area contributed by atoms with Crippen LogP contribution in [-0.2, 0) is 4.74 Å². The molecule has 0 amide bonds. The van der Waals surface area contributed by atoms with Crippen LogP contribution >= 0.6 is 15.9 Å². The molecule has 5 fully saturated rings. The molecular weight excluding hydrogens is 428 g/mol. The molecule has 9 heteroatoms. The molecule has 0 spiro atoms. The van der Waals surface area contributed by atoms with E-state index in [1.165, 1.54) is 12.8 Å². The Labute approximate surface area is 174 Å². The fourth-order valence-corrected chi connectivity index (χ4v) is 7.25. The summed E-state index contributed by atoms with van der Waals surface area (Å²) in [5.74, 6) is 1.83. The van der Waals surface area contributed by atoms with Crippen LogP contribution in [0.5, 0.6) is 0 Å². The number of aliphatic hydroxyl groups is 3. The molecule has 5 aliphatic rings. The number of hydrogen-bond donors (Lipinski definition) is 6. The Morgan fingerprint density at radius 1 is 1.07 bits per heavy atom. The van der Waals surface area contributed by atoms with E-state index in [0.717, 1.165) is 31.1 Å². The van der Waals surface area contributed by atoms with Crippen LogP contribution in [0.4, 0.5) is 0 Å². The second kappa shape index (κ2) is 7.69. The van der Waals surface area contributed by atoms with Gasteiger partial charge in [-0.15, -0.1) is 0 Å². The zero-order valence-corrected chi connectivity index (χ0v) is 17.6. The van der Waals surface area contributed by atoms with Gasteiger partial charge in [-0.2, -0.15) is 0 Å². The summed E-state index contributed by atoms with van der Waals surface area (Å²) in [6.45, 7) is 1.24. The molecule has 0 radical (unpaired) electrons. The number of likely N-dealkylation sites (tertiary alicyclic amines) is 1. The number of alkyl halides is 1. The Morgan fingerprint density at radius 3 is 2.54 bits per heavy atom. The van der Waals surface area contributed by atoms with Crippen molar-refractivity contribution in [3.63, 3.8) is 0 Å². The van der Waals surface area contributed by atoms with E-state index in [9.17, 15) is 15.3 Å². The summed E-state index contributed by atoms with van der Waals surface area (Å²) in [4.78, 5) is 2.20. The van der Waals surface area contributed by atoms with Gasteiger partial charge in [0.15, 0.2) is 0 Å². The van der Waals surface area contributed by atoms with Crippen molar-refractivity contribution in [2.45, 2.75) is 79.9 Å². The predicted molar refractivity (Wildman–Crippen MR) is 106 cm³/mol. The van der Waals surface area contributed by atoms with Crippen molar-refractivity contribution in [3.05, 3.63) is 0 Å². The second-order valence-corrected chi connectivity index (χ2v) is 10.7. The van der Waals surface area contributed by atoms with E-state index in [2.05, 4.69) is 26.6 Å². The van der Waals surface area contributed by atoms with E-state index >= 15 is 0 Å². The van der Waals surface area contributed by atoms with Crippen LogP contribution in [0.3, 0.4) is 0 Å². The lowest BCUT2D eigenvalue weighted by Crippen LogP contribution is -2.65. The molecule has 7 unspecified atom stereocenters. The monoisotopic (exact) mass is 460 g/mol. The van der Waals surface area contributed by atoms with Gasteiger partial charge in [-0.1, -0.05) is 15.9 Å². The summed E-state index contributed by atoms with van der Waals surface area (Å²) >= 11 is 3.72. The highest BCUT2D eigenvalue weighted by molar-refractivity contribution is 9.09. The molecule has 0 aromatic rings. The largest absolute Gasteiger partial charge is 0.390 e. The Kier molecular flexibility index (Phi) is 5.52. The van der Waals surface area contributed by atoms with Gasteiger partial charge in [0.25, 0.3) is 0 Å². The molecule has 0 aromatic heterocycles. The summed E-state index contributed by atoms with van der Waals surface area (Å²) in [7, 11) is 0. The Hall–Kier alpha value is 0.160. The lowest BCUT2D eigenvalue weighted by Gasteiger charge is -2.45. The maximum absolute atomic E-state index is 11.0. The standard InChI is InChI=1S/C19H33BrN4O4/c20-11-6-24(18-12(11)17(21)22-7-23-18)19-15(27)14(26)16(28-19)13(25)10-4-2-8-1-3-9(8)5-10/h8-19,22-23,25-27H,1-7,21H2/t8?,9?,10?,11?,12?,13-,14+,15-,16-,17?,18?,19-/m1/s1. The van der Waals surface area contributed by atoms with Crippen LogP contribution in [0.2, 0.25) is 0 Å². The number of nitrogens with one attached hydrogen (secondary N) is 2. The molecule has 28 heavy (non-hydrogen) atoms. The van der Waals surface area contributed by atoms with Gasteiger partial charge in [-0.3, -0.25) is 15.5 Å². The number of aliphatic hydroxyl groups excluding tert-OH is 3. The van der Waals surface area contributed by atoms with E-state index < -0.39 is 30.6 Å². The first-order valence-electron chi connectivity index (χ1n) is 10.8. The molecule has 0 aromatic carbocycles. The third kappa shape index (κ3) is 3.18. The zero-order chi connectivity index (χ0) is 19.6. The van der Waals surface area contributed by atoms with Crippen molar-refractivity contribution in [1.82, 2.24) is 15.5 Å². The molecule has 160 valence electrons. The van der Waals surface area contributed by atoms with E-state index in [1.807, 2.05) is 4.90 Å². The van der Waals surface area contributed by atoms with Crippen molar-refractivity contribution in [3.8, 4) is 0 Å². The minimum absolute atomic E-state index is 0.0474. The smallest absolute Gasteiger partial charge is 0.141 e. The normalized spacial score (nSPS) is 55.4. The summed E-state index contributed by atoms with van der Waals surface area (Å²) in [6, 6.07) is 0. The van der Waals surface area contributed by atoms with Gasteiger partial charge in [-0.05, 0) is 49.9 Å². The summed E-state index contributed by atoms with van der Waals surface area (Å²) < 4.78 is 6.15. The molecule has 3 heterocycles. The molecule has 2 saturated carbocycles. The predicted octanol–water partition coefficient (Wildman–Crippen LogP) is -0.923. The molecule has 3 saturated heterocycles. The SMILES string of the molecule is NC1NCNC2C1C(Br)CN2[C@@H]1O[C@H]([C@H](O)C2CCC3CCC3C2)[C@@H](O)[C@H]1O. The number of nitrogens with two attached hydrogens (primary N) is 1. The molecular formula is C19H33BrN4O4. The summed E-state index contributed by atoms with van der Waals surface area (Å²) in [5, 5.41) is 39.1. The van der Waals surface area contributed by atoms with E-state index in [4.69, 9.17) is 10.5 Å². The van der Waals surface area contributed by atoms with Crippen LogP contribution < -0.4 is 16.4 Å². The van der Waals surface area contributed by atoms with E-state index in [-0.39, 0.29) is 29.0 Å². The highest BCUT2D eigenvalue weighted by Crippen LogP contribution is 2.48. The van der Waals surface area contributed by atoms with Gasteiger partial charge in [0.1, 0.15) is 24.5 Å². The topological polar surface area (TPSA) is 123 Å². The van der Waals surface area contributed by atoms with Crippen molar-refractivity contribution < 1.29 is 20.1 Å². The Balaban J connectivity index is 1.28. The zero-order valence-electron chi connectivity index (χ0n) is 16.0. The van der Waals surface area contributed by atoms with Crippen LogP contribution in [-0.4, -0.2) is 81.2 Å². The maximum Gasteiger partial charge on any atom is 0.141 e. The van der Waals surface area contributed by atoms with Gasteiger partial charge >= 0.3 is 0 Å². The van der Waals surface area contributed by atoms with Gasteiger partial charge in [-0.25, -0.2) is 0 Å². The summed E-state index contributed by atoms with van der Waals surface area (Å²) in [6.07, 6.45) is 1.28. The van der Waals surface area contributed by atoms with Crippen molar-refractivity contribution in [1.29, 1.82) is 0 Å². The van der Waals surface area contributed by atoms with Gasteiger partial charge in [0.05, 0.1) is 18.4 Å². The number of rotatable bonds is 3. The van der Waals surface area contributed by atoms with Gasteiger partial charge < -0.3 is 25.8 Å². The average molecular weight is 461 g/mol. The number of ether oxygens (including phenoxy) is 1. The molecule has 7 N–H and O–H groups in total. The fraction of sp³-hybridized carbons (Fsp3) is 1.00. The second-order valence-electron chi connectivity index (χ2n) is 9.48. The van der Waals surface area contributed by atoms with Gasteiger partial charge in [0, 0.05) is 24.0 Å². The number of fused-ring (bicyclic) bond motifs is 2. The van der Waals surface area contributed by atoms with E-state index in [0.29, 0.717) is 13.2 Å². The number of hydrogen-bond acceptors (Lipinski definition) is 8. The number of nitrogens with zero attached hydrogens (tertiary/aromatic N) is 1. The number of halogens is 1. The van der Waals surface area contributed by atoms with Crippen LogP contribution in [0.25, 0.3) is 0 Å². The van der Waals surface area contributed by atoms with E-state index in [1.54, 1.807) is 0 Å². The molecule has 12 atom stereocenters. The average Bonchev–Trinajstić information content (AvgIpc) is 3.14. The molecule has 0 bridgehead atoms. The van der Waals surface area contributed by atoms with Crippen LogP contribution in [0, 0.1) is 23.7 Å². The first kappa shape index (κ1) is 20.1. The minimum Gasteiger partial charge on any atom is -0.390 e. The maximum atomic E-state index is 11.0. The molecule has 2 aliphatic carbocycles. The van der Waals surface area contributed by atoms with Crippen molar-refractivity contribution in [2.24, 2.45) is 29.4 Å². The summed E-state index contributed by atoms with van der Waals surface area (Å²) in [5.41, 5.74) is 6.24. The first-order valence-corrected chi connectivity index (χ1v) is 11.7. The van der Waals surface area contributed by atoms with Crippen molar-refractivity contribution >= 4 is 15.9 Å². The molecule has 5 rings (SSSR count). The minimum atomic E-state index is -1.08. The third-order valence-electron chi connectivity index (χ3n) is 8.10.